The van der Waals surface area contributed by atoms with Gasteiger partial charge >= 0.3 is 0 Å². The lowest BCUT2D eigenvalue weighted by atomic mass is 10.1. The van der Waals surface area contributed by atoms with Crippen LogP contribution < -0.4 is 11.1 Å². The molecule has 0 bridgehead atoms. The molecule has 3 N–H and O–H groups in total. The van der Waals surface area contributed by atoms with E-state index in [1.165, 1.54) is 11.8 Å². The molecule has 0 aliphatic rings. The van der Waals surface area contributed by atoms with Gasteiger partial charge in [0.2, 0.25) is 11.8 Å². The number of hydrogen-bond acceptors (Lipinski definition) is 3. The van der Waals surface area contributed by atoms with E-state index in [0.717, 1.165) is 10.5 Å². The number of primary amides is 1. The van der Waals surface area contributed by atoms with Gasteiger partial charge in [0.05, 0.1) is 17.2 Å². The van der Waals surface area contributed by atoms with Crippen LogP contribution in [-0.4, -0.2) is 17.6 Å². The molecule has 0 radical (unpaired) electrons. The first-order valence-corrected chi connectivity index (χ1v) is 8.43. The highest BCUT2D eigenvalue weighted by atomic mass is 35.5. The summed E-state index contributed by atoms with van der Waals surface area (Å²) < 4.78 is 0. The van der Waals surface area contributed by atoms with E-state index in [-0.39, 0.29) is 18.1 Å². The zero-order chi connectivity index (χ0) is 16.8. The summed E-state index contributed by atoms with van der Waals surface area (Å²) in [6, 6.07) is 12.1. The minimum Gasteiger partial charge on any atom is -0.369 e. The Morgan fingerprint density at radius 1 is 1.09 bits per heavy atom. The van der Waals surface area contributed by atoms with E-state index in [1.54, 1.807) is 42.5 Å². The Hall–Kier alpha value is -1.69. The van der Waals surface area contributed by atoms with Gasteiger partial charge in [-0.3, -0.25) is 9.59 Å². The number of amides is 2. The van der Waals surface area contributed by atoms with E-state index in [9.17, 15) is 9.59 Å². The molecule has 2 aromatic carbocycles. The normalized spacial score (nSPS) is 10.3. The van der Waals surface area contributed by atoms with Crippen LogP contribution in [0, 0.1) is 0 Å². The average Bonchev–Trinajstić information content (AvgIpc) is 2.50. The maximum atomic E-state index is 12.0. The first kappa shape index (κ1) is 17.7. The number of carbonyl (C=O) groups excluding carboxylic acids is 2. The van der Waals surface area contributed by atoms with Crippen molar-refractivity contribution >= 4 is 52.5 Å². The maximum Gasteiger partial charge on any atom is 0.234 e. The van der Waals surface area contributed by atoms with Gasteiger partial charge in [-0.15, -0.1) is 11.8 Å². The average molecular weight is 369 g/mol. The van der Waals surface area contributed by atoms with E-state index in [0.29, 0.717) is 15.7 Å². The summed E-state index contributed by atoms with van der Waals surface area (Å²) in [6.07, 6.45) is 0.178. The molecule has 0 fully saturated rings. The van der Waals surface area contributed by atoms with Gasteiger partial charge in [-0.2, -0.15) is 0 Å². The SMILES string of the molecule is NC(=O)Cc1ccc(NC(=O)CSc2cc(Cl)ccc2Cl)cc1. The van der Waals surface area contributed by atoms with Gasteiger partial charge in [0, 0.05) is 15.6 Å². The van der Waals surface area contributed by atoms with Crippen molar-refractivity contribution in [1.29, 1.82) is 0 Å². The molecule has 0 aliphatic heterocycles. The quantitative estimate of drug-likeness (QED) is 0.762. The zero-order valence-corrected chi connectivity index (χ0v) is 14.3. The molecule has 0 saturated carbocycles. The first-order chi connectivity index (χ1) is 10.9. The van der Waals surface area contributed by atoms with Crippen molar-refractivity contribution in [2.24, 2.45) is 5.73 Å². The lowest BCUT2D eigenvalue weighted by Gasteiger charge is -2.07. The van der Waals surface area contributed by atoms with Crippen LogP contribution in [0.4, 0.5) is 5.69 Å². The molecule has 2 amide bonds. The molecular formula is C16H14Cl2N2O2S. The Balaban J connectivity index is 1.89. The van der Waals surface area contributed by atoms with Crippen LogP contribution in [0.2, 0.25) is 10.0 Å². The summed E-state index contributed by atoms with van der Waals surface area (Å²) in [5.41, 5.74) is 6.58. The third-order valence-corrected chi connectivity index (χ3v) is 4.60. The number of carbonyl (C=O) groups is 2. The highest BCUT2D eigenvalue weighted by molar-refractivity contribution is 8.00. The van der Waals surface area contributed by atoms with E-state index in [1.807, 2.05) is 0 Å². The number of nitrogens with one attached hydrogen (secondary N) is 1. The van der Waals surface area contributed by atoms with Crippen LogP contribution in [0.1, 0.15) is 5.56 Å². The maximum absolute atomic E-state index is 12.0. The lowest BCUT2D eigenvalue weighted by molar-refractivity contribution is -0.117. The molecule has 0 atom stereocenters. The Labute approximate surface area is 148 Å². The predicted molar refractivity (Wildman–Crippen MR) is 95.2 cm³/mol. The van der Waals surface area contributed by atoms with E-state index < -0.39 is 5.91 Å². The molecule has 0 unspecified atom stereocenters. The highest BCUT2D eigenvalue weighted by Crippen LogP contribution is 2.29. The molecule has 4 nitrogen and oxygen atoms in total. The standard InChI is InChI=1S/C16H14Cl2N2O2S/c17-11-3-6-13(18)14(8-11)23-9-16(22)20-12-4-1-10(2-5-12)7-15(19)21/h1-6,8H,7,9H2,(H2,19,21)(H,20,22). The van der Waals surface area contributed by atoms with Crippen LogP contribution >= 0.6 is 35.0 Å². The fourth-order valence-electron chi connectivity index (χ4n) is 1.84. The minimum atomic E-state index is -0.392. The van der Waals surface area contributed by atoms with E-state index in [2.05, 4.69) is 5.32 Å². The van der Waals surface area contributed by atoms with Gasteiger partial charge in [0.25, 0.3) is 0 Å². The molecule has 2 rings (SSSR count). The molecule has 0 aromatic heterocycles. The summed E-state index contributed by atoms with van der Waals surface area (Å²) in [5, 5.41) is 3.90. The molecule has 7 heteroatoms. The fourth-order valence-corrected chi connectivity index (χ4v) is 3.13. The fraction of sp³-hybridized carbons (Fsp3) is 0.125. The van der Waals surface area contributed by atoms with Gasteiger partial charge in [0.1, 0.15) is 0 Å². The number of benzene rings is 2. The number of anilines is 1. The Kier molecular flexibility index (Phi) is 6.33. The third kappa shape index (κ3) is 5.78. The van der Waals surface area contributed by atoms with E-state index in [4.69, 9.17) is 28.9 Å². The monoisotopic (exact) mass is 368 g/mol. The smallest absolute Gasteiger partial charge is 0.234 e. The van der Waals surface area contributed by atoms with Crippen molar-refractivity contribution in [2.75, 3.05) is 11.1 Å². The third-order valence-electron chi connectivity index (χ3n) is 2.87. The van der Waals surface area contributed by atoms with Crippen LogP contribution in [0.3, 0.4) is 0 Å². The molecule has 2 aromatic rings. The summed E-state index contributed by atoms with van der Waals surface area (Å²) in [7, 11) is 0. The molecule has 0 spiro atoms. The second kappa shape index (κ2) is 8.24. The molecule has 0 saturated heterocycles. The van der Waals surface area contributed by atoms with Crippen LogP contribution in [-0.2, 0) is 16.0 Å². The number of rotatable bonds is 6. The largest absolute Gasteiger partial charge is 0.369 e. The lowest BCUT2D eigenvalue weighted by Crippen LogP contribution is -2.15. The van der Waals surface area contributed by atoms with Crippen molar-refractivity contribution < 1.29 is 9.59 Å². The van der Waals surface area contributed by atoms with Gasteiger partial charge in [-0.25, -0.2) is 0 Å². The first-order valence-electron chi connectivity index (χ1n) is 6.69. The summed E-state index contributed by atoms with van der Waals surface area (Å²) in [5.74, 6) is -0.339. The second-order valence-electron chi connectivity index (χ2n) is 4.75. The molecule has 0 aliphatic carbocycles. The summed E-state index contributed by atoms with van der Waals surface area (Å²) in [4.78, 5) is 23.6. The predicted octanol–water partition coefficient (Wildman–Crippen LogP) is 3.75. The van der Waals surface area contributed by atoms with Crippen LogP contribution in [0.5, 0.6) is 0 Å². The van der Waals surface area contributed by atoms with Crippen molar-refractivity contribution in [1.82, 2.24) is 0 Å². The number of halogens is 2. The van der Waals surface area contributed by atoms with Crippen molar-refractivity contribution in [2.45, 2.75) is 11.3 Å². The Morgan fingerprint density at radius 3 is 2.43 bits per heavy atom. The summed E-state index contributed by atoms with van der Waals surface area (Å²) in [6.45, 7) is 0. The molecule has 0 heterocycles. The number of hydrogen-bond donors (Lipinski definition) is 2. The Bertz CT molecular complexity index is 721. The number of nitrogens with two attached hydrogens (primary N) is 1. The summed E-state index contributed by atoms with van der Waals surface area (Å²) >= 11 is 13.3. The molecule has 23 heavy (non-hydrogen) atoms. The Morgan fingerprint density at radius 2 is 1.78 bits per heavy atom. The van der Waals surface area contributed by atoms with Crippen molar-refractivity contribution in [3.63, 3.8) is 0 Å². The topological polar surface area (TPSA) is 72.2 Å². The van der Waals surface area contributed by atoms with Crippen molar-refractivity contribution in [3.05, 3.63) is 58.1 Å². The molecular weight excluding hydrogens is 355 g/mol. The van der Waals surface area contributed by atoms with Crippen molar-refractivity contribution in [3.8, 4) is 0 Å². The van der Waals surface area contributed by atoms with Gasteiger partial charge in [-0.05, 0) is 35.9 Å². The van der Waals surface area contributed by atoms with Crippen LogP contribution in [0.15, 0.2) is 47.4 Å². The van der Waals surface area contributed by atoms with Gasteiger partial charge < -0.3 is 11.1 Å². The zero-order valence-electron chi connectivity index (χ0n) is 12.0. The van der Waals surface area contributed by atoms with E-state index >= 15 is 0 Å². The van der Waals surface area contributed by atoms with Gasteiger partial charge in [0.15, 0.2) is 0 Å². The number of thioether (sulfide) groups is 1. The van der Waals surface area contributed by atoms with Crippen LogP contribution in [0.25, 0.3) is 0 Å². The highest BCUT2D eigenvalue weighted by Gasteiger charge is 2.07. The minimum absolute atomic E-state index is 0.159. The van der Waals surface area contributed by atoms with Gasteiger partial charge in [-0.1, -0.05) is 35.3 Å². The second-order valence-corrected chi connectivity index (χ2v) is 6.61. The molecule has 120 valence electrons.